The highest BCUT2D eigenvalue weighted by Crippen LogP contribution is 2.33. The van der Waals surface area contributed by atoms with Crippen molar-refractivity contribution >= 4 is 23.2 Å². The van der Waals surface area contributed by atoms with E-state index >= 15 is 0 Å². The first-order chi connectivity index (χ1) is 13.5. The van der Waals surface area contributed by atoms with Gasteiger partial charge in [-0.25, -0.2) is 8.78 Å². The SMILES string of the molecule is NC[C@@H](NCC1CCC1)C(=O)Nc1ccc(N2CCOCC2=O)c(C(F)F)c1. The quantitative estimate of drug-likeness (QED) is 0.621. The predicted molar refractivity (Wildman–Crippen MR) is 101 cm³/mol. The molecule has 2 aliphatic rings. The average Bonchev–Trinajstić information content (AvgIpc) is 2.64. The molecule has 0 radical (unpaired) electrons. The summed E-state index contributed by atoms with van der Waals surface area (Å²) in [6, 6.07) is 3.57. The zero-order valence-electron chi connectivity index (χ0n) is 15.6. The molecule has 0 spiro atoms. The molecule has 1 saturated heterocycles. The number of amides is 2. The number of carbonyl (C=O) groups is 2. The topological polar surface area (TPSA) is 96.7 Å². The summed E-state index contributed by atoms with van der Waals surface area (Å²) in [5.41, 5.74) is 5.77. The monoisotopic (exact) mass is 396 g/mol. The molecule has 2 fully saturated rings. The number of nitrogens with zero attached hydrogens (tertiary/aromatic N) is 1. The molecule has 0 unspecified atom stereocenters. The number of anilines is 2. The Kier molecular flexibility index (Phi) is 6.93. The molecule has 1 aromatic carbocycles. The lowest BCUT2D eigenvalue weighted by Crippen LogP contribution is -2.48. The van der Waals surface area contributed by atoms with Crippen LogP contribution in [0.4, 0.5) is 20.2 Å². The van der Waals surface area contributed by atoms with Gasteiger partial charge >= 0.3 is 0 Å². The number of carbonyl (C=O) groups excluding carboxylic acids is 2. The molecular formula is C19H26F2N4O3. The Balaban J connectivity index is 1.70. The van der Waals surface area contributed by atoms with Gasteiger partial charge in [0.05, 0.1) is 18.3 Å². The summed E-state index contributed by atoms with van der Waals surface area (Å²) in [6.45, 7) is 1.20. The number of hydrogen-bond donors (Lipinski definition) is 3. The molecule has 0 aromatic heterocycles. The fourth-order valence-corrected chi connectivity index (χ4v) is 3.34. The summed E-state index contributed by atoms with van der Waals surface area (Å²) in [6.07, 6.45) is 0.710. The standard InChI is InChI=1S/C19H26F2N4O3/c20-18(21)14-8-13(4-5-16(14)25-6-7-28-11-17(25)26)24-19(27)15(9-22)23-10-12-2-1-3-12/h4-5,8,12,15,18,23H,1-3,6-7,9-11,22H2,(H,24,27)/t15-/m1/s1. The number of hydrogen-bond acceptors (Lipinski definition) is 5. The molecule has 0 bridgehead atoms. The number of halogens is 2. The van der Waals surface area contributed by atoms with Crippen LogP contribution >= 0.6 is 0 Å². The van der Waals surface area contributed by atoms with E-state index in [1.165, 1.54) is 29.5 Å². The molecule has 1 saturated carbocycles. The summed E-state index contributed by atoms with van der Waals surface area (Å²) >= 11 is 0. The number of alkyl halides is 2. The maximum atomic E-state index is 13.6. The van der Waals surface area contributed by atoms with Crippen molar-refractivity contribution in [2.45, 2.75) is 31.7 Å². The molecular weight excluding hydrogens is 370 g/mol. The van der Waals surface area contributed by atoms with E-state index in [1.807, 2.05) is 0 Å². The van der Waals surface area contributed by atoms with Crippen LogP contribution in [0.15, 0.2) is 18.2 Å². The van der Waals surface area contributed by atoms with Gasteiger partial charge in [-0.15, -0.1) is 0 Å². The van der Waals surface area contributed by atoms with Crippen LogP contribution in [-0.2, 0) is 14.3 Å². The second-order valence-corrected chi connectivity index (χ2v) is 7.15. The number of ether oxygens (including phenoxy) is 1. The Hall–Kier alpha value is -2.10. The van der Waals surface area contributed by atoms with Crippen molar-refractivity contribution in [3.05, 3.63) is 23.8 Å². The molecule has 28 heavy (non-hydrogen) atoms. The molecule has 1 aromatic rings. The van der Waals surface area contributed by atoms with Gasteiger partial charge in [0, 0.05) is 24.3 Å². The van der Waals surface area contributed by atoms with Crippen LogP contribution in [0.1, 0.15) is 31.3 Å². The largest absolute Gasteiger partial charge is 0.370 e. The Morgan fingerprint density at radius 1 is 1.36 bits per heavy atom. The van der Waals surface area contributed by atoms with Crippen molar-refractivity contribution in [1.82, 2.24) is 5.32 Å². The number of nitrogens with two attached hydrogens (primary N) is 1. The number of benzene rings is 1. The van der Waals surface area contributed by atoms with Gasteiger partial charge in [-0.05, 0) is 43.5 Å². The zero-order chi connectivity index (χ0) is 20.1. The summed E-state index contributed by atoms with van der Waals surface area (Å²) in [5.74, 6) is -0.164. The first kappa shape index (κ1) is 20.6. The van der Waals surface area contributed by atoms with E-state index in [2.05, 4.69) is 10.6 Å². The van der Waals surface area contributed by atoms with Crippen molar-refractivity contribution in [2.75, 3.05) is 43.1 Å². The molecule has 4 N–H and O–H groups in total. The van der Waals surface area contributed by atoms with Gasteiger partial charge in [0.15, 0.2) is 0 Å². The Bertz CT molecular complexity index is 712. The Morgan fingerprint density at radius 3 is 2.75 bits per heavy atom. The minimum Gasteiger partial charge on any atom is -0.370 e. The van der Waals surface area contributed by atoms with Gasteiger partial charge in [0.25, 0.3) is 12.3 Å². The maximum absolute atomic E-state index is 13.6. The molecule has 1 aliphatic heterocycles. The van der Waals surface area contributed by atoms with Crippen molar-refractivity contribution in [1.29, 1.82) is 0 Å². The maximum Gasteiger partial charge on any atom is 0.265 e. The average molecular weight is 396 g/mol. The summed E-state index contributed by atoms with van der Waals surface area (Å²) in [5, 5.41) is 5.79. The lowest BCUT2D eigenvalue weighted by molar-refractivity contribution is -0.125. The normalized spacial score (nSPS) is 18.9. The van der Waals surface area contributed by atoms with E-state index in [9.17, 15) is 18.4 Å². The molecule has 3 rings (SSSR count). The van der Waals surface area contributed by atoms with Gasteiger partial charge in [0.1, 0.15) is 6.61 Å². The van der Waals surface area contributed by atoms with Crippen molar-refractivity contribution < 1.29 is 23.1 Å². The van der Waals surface area contributed by atoms with Gasteiger partial charge in [0.2, 0.25) is 5.91 Å². The van der Waals surface area contributed by atoms with Crippen LogP contribution in [0.3, 0.4) is 0 Å². The molecule has 9 heteroatoms. The van der Waals surface area contributed by atoms with Crippen LogP contribution in [0.25, 0.3) is 0 Å². The van der Waals surface area contributed by atoms with Gasteiger partial charge in [-0.3, -0.25) is 9.59 Å². The van der Waals surface area contributed by atoms with E-state index in [-0.39, 0.29) is 55.1 Å². The first-order valence-electron chi connectivity index (χ1n) is 9.54. The molecule has 7 nitrogen and oxygen atoms in total. The van der Waals surface area contributed by atoms with Gasteiger partial charge < -0.3 is 26.0 Å². The van der Waals surface area contributed by atoms with E-state index in [0.717, 1.165) is 19.4 Å². The fourth-order valence-electron chi connectivity index (χ4n) is 3.34. The summed E-state index contributed by atoms with van der Waals surface area (Å²) in [4.78, 5) is 25.7. The van der Waals surface area contributed by atoms with Crippen LogP contribution in [0, 0.1) is 5.92 Å². The summed E-state index contributed by atoms with van der Waals surface area (Å²) < 4.78 is 32.2. The van der Waals surface area contributed by atoms with E-state index in [0.29, 0.717) is 5.92 Å². The minimum atomic E-state index is -2.79. The summed E-state index contributed by atoms with van der Waals surface area (Å²) in [7, 11) is 0. The highest BCUT2D eigenvalue weighted by Gasteiger charge is 2.26. The molecule has 1 aliphatic carbocycles. The Labute approximate surface area is 162 Å². The molecule has 154 valence electrons. The molecule has 1 atom stereocenters. The predicted octanol–water partition coefficient (Wildman–Crippen LogP) is 1.64. The number of rotatable bonds is 8. The van der Waals surface area contributed by atoms with Crippen LogP contribution < -0.4 is 21.3 Å². The van der Waals surface area contributed by atoms with Gasteiger partial charge in [-0.2, -0.15) is 0 Å². The first-order valence-corrected chi connectivity index (χ1v) is 9.54. The van der Waals surface area contributed by atoms with Crippen molar-refractivity contribution in [3.63, 3.8) is 0 Å². The lowest BCUT2D eigenvalue weighted by Gasteiger charge is -2.29. The van der Waals surface area contributed by atoms with Crippen molar-refractivity contribution in [2.24, 2.45) is 11.7 Å². The smallest absolute Gasteiger partial charge is 0.265 e. The van der Waals surface area contributed by atoms with Crippen LogP contribution in [0.5, 0.6) is 0 Å². The third-order valence-corrected chi connectivity index (χ3v) is 5.24. The van der Waals surface area contributed by atoms with Crippen LogP contribution in [-0.4, -0.2) is 50.7 Å². The van der Waals surface area contributed by atoms with E-state index in [1.54, 1.807) is 0 Å². The highest BCUT2D eigenvalue weighted by molar-refractivity contribution is 5.97. The minimum absolute atomic E-state index is 0.112. The molecule has 2 amide bonds. The second kappa shape index (κ2) is 9.40. The highest BCUT2D eigenvalue weighted by atomic mass is 19.3. The Morgan fingerprint density at radius 2 is 2.14 bits per heavy atom. The number of morpholine rings is 1. The third kappa shape index (κ3) is 4.84. The van der Waals surface area contributed by atoms with Crippen molar-refractivity contribution in [3.8, 4) is 0 Å². The van der Waals surface area contributed by atoms with E-state index in [4.69, 9.17) is 10.5 Å². The zero-order valence-corrected chi connectivity index (χ0v) is 15.6. The third-order valence-electron chi connectivity index (χ3n) is 5.24. The van der Waals surface area contributed by atoms with E-state index < -0.39 is 12.5 Å². The second-order valence-electron chi connectivity index (χ2n) is 7.15. The number of nitrogens with one attached hydrogen (secondary N) is 2. The van der Waals surface area contributed by atoms with Gasteiger partial charge in [-0.1, -0.05) is 6.42 Å². The van der Waals surface area contributed by atoms with Crippen LogP contribution in [0.2, 0.25) is 0 Å². The lowest BCUT2D eigenvalue weighted by atomic mass is 9.85. The molecule has 1 heterocycles. The fraction of sp³-hybridized carbons (Fsp3) is 0.579.